The lowest BCUT2D eigenvalue weighted by atomic mass is 9.85. The van der Waals surface area contributed by atoms with Crippen LogP contribution in [0.25, 0.3) is 16.7 Å². The van der Waals surface area contributed by atoms with Gasteiger partial charge in [-0.15, -0.1) is 0 Å². The number of fused-ring (bicyclic) bond motifs is 1. The minimum atomic E-state index is -0.924. The smallest absolute Gasteiger partial charge is 0.261 e. The third-order valence-electron chi connectivity index (χ3n) is 6.01. The predicted molar refractivity (Wildman–Crippen MR) is 123 cm³/mol. The Balaban J connectivity index is 1.30. The van der Waals surface area contributed by atoms with Gasteiger partial charge >= 0.3 is 0 Å². The first kappa shape index (κ1) is 21.3. The molecule has 0 atom stereocenters. The molecular weight excluding hydrogens is 444 g/mol. The van der Waals surface area contributed by atoms with Gasteiger partial charge in [-0.3, -0.25) is 9.59 Å². The van der Waals surface area contributed by atoms with Crippen LogP contribution in [0.5, 0.6) is 0 Å². The first-order valence-corrected chi connectivity index (χ1v) is 10.9. The SMILES string of the molecule is O=C(c1ccnc(Cl)c1)N1CCC(O)(Cc2cccc(-n3ncc4c(=O)[nH]cnc43)c2)CC1. The topological polar surface area (TPSA) is 117 Å². The number of likely N-dealkylation sites (tertiary alicyclic amines) is 1. The highest BCUT2D eigenvalue weighted by Gasteiger charge is 2.34. The molecule has 0 spiro atoms. The van der Waals surface area contributed by atoms with E-state index in [-0.39, 0.29) is 16.6 Å². The molecule has 168 valence electrons. The van der Waals surface area contributed by atoms with Crippen molar-refractivity contribution in [1.82, 2.24) is 29.6 Å². The van der Waals surface area contributed by atoms with Gasteiger partial charge in [0.15, 0.2) is 5.65 Å². The summed E-state index contributed by atoms with van der Waals surface area (Å²) in [5.74, 6) is -0.114. The lowest BCUT2D eigenvalue weighted by molar-refractivity contribution is -0.0162. The van der Waals surface area contributed by atoms with E-state index in [2.05, 4.69) is 20.1 Å². The summed E-state index contributed by atoms with van der Waals surface area (Å²) in [6.07, 6.45) is 5.72. The molecule has 1 aromatic carbocycles. The monoisotopic (exact) mass is 464 g/mol. The van der Waals surface area contributed by atoms with E-state index in [9.17, 15) is 14.7 Å². The second kappa shape index (κ2) is 8.42. The number of amides is 1. The van der Waals surface area contributed by atoms with E-state index in [0.29, 0.717) is 48.9 Å². The van der Waals surface area contributed by atoms with Crippen molar-refractivity contribution < 1.29 is 9.90 Å². The Kier molecular flexibility index (Phi) is 5.43. The number of nitrogens with zero attached hydrogens (tertiary/aromatic N) is 5. The van der Waals surface area contributed by atoms with E-state index in [4.69, 9.17) is 11.6 Å². The zero-order valence-electron chi connectivity index (χ0n) is 17.6. The number of nitrogens with one attached hydrogen (secondary N) is 1. The van der Waals surface area contributed by atoms with Gasteiger partial charge in [0.25, 0.3) is 11.5 Å². The molecule has 33 heavy (non-hydrogen) atoms. The van der Waals surface area contributed by atoms with E-state index in [1.165, 1.54) is 18.7 Å². The van der Waals surface area contributed by atoms with Crippen molar-refractivity contribution in [3.05, 3.63) is 81.8 Å². The summed E-state index contributed by atoms with van der Waals surface area (Å²) in [5, 5.41) is 16.2. The molecule has 1 amide bonds. The van der Waals surface area contributed by atoms with Gasteiger partial charge in [-0.05, 0) is 42.7 Å². The summed E-state index contributed by atoms with van der Waals surface area (Å²) in [4.78, 5) is 37.1. The Hall–Kier alpha value is -3.56. The number of piperidine rings is 1. The number of carbonyl (C=O) groups excluding carboxylic acids is 1. The summed E-state index contributed by atoms with van der Waals surface area (Å²) in [6.45, 7) is 0.900. The van der Waals surface area contributed by atoms with Crippen LogP contribution in [0.4, 0.5) is 0 Å². The summed E-state index contributed by atoms with van der Waals surface area (Å²) in [7, 11) is 0. The lowest BCUT2D eigenvalue weighted by Crippen LogP contribution is -2.47. The third-order valence-corrected chi connectivity index (χ3v) is 6.22. The van der Waals surface area contributed by atoms with Crippen molar-refractivity contribution in [2.45, 2.75) is 24.9 Å². The molecule has 5 rings (SSSR count). The van der Waals surface area contributed by atoms with Crippen molar-refractivity contribution in [3.63, 3.8) is 0 Å². The summed E-state index contributed by atoms with van der Waals surface area (Å²) in [6, 6.07) is 10.8. The van der Waals surface area contributed by atoms with Gasteiger partial charge in [0.1, 0.15) is 10.5 Å². The van der Waals surface area contributed by atoms with E-state index >= 15 is 0 Å². The number of hydrogen-bond acceptors (Lipinski definition) is 6. The van der Waals surface area contributed by atoms with Crippen molar-refractivity contribution >= 4 is 28.5 Å². The van der Waals surface area contributed by atoms with Gasteiger partial charge in [0.05, 0.1) is 23.8 Å². The predicted octanol–water partition coefficient (Wildman–Crippen LogP) is 2.37. The number of H-pyrrole nitrogens is 1. The quantitative estimate of drug-likeness (QED) is 0.448. The molecule has 0 radical (unpaired) electrons. The van der Waals surface area contributed by atoms with E-state index < -0.39 is 5.60 Å². The number of carbonyl (C=O) groups is 1. The Bertz CT molecular complexity index is 1390. The number of pyridine rings is 1. The standard InChI is InChI=1S/C23H21ClN6O3/c24-19-11-16(4-7-25-19)22(32)29-8-5-23(33,6-9-29)12-15-2-1-3-17(10-15)30-20-18(13-28-30)21(31)27-14-26-20/h1-4,7,10-11,13-14,33H,5-6,8-9,12H2,(H,26,27,31). The van der Waals surface area contributed by atoms with E-state index in [1.54, 1.807) is 21.7 Å². The molecule has 0 aliphatic carbocycles. The molecule has 2 N–H and O–H groups in total. The third kappa shape index (κ3) is 4.24. The van der Waals surface area contributed by atoms with Crippen LogP contribution in [-0.2, 0) is 6.42 Å². The van der Waals surface area contributed by atoms with Crippen molar-refractivity contribution in [1.29, 1.82) is 0 Å². The lowest BCUT2D eigenvalue weighted by Gasteiger charge is -2.38. The molecule has 1 saturated heterocycles. The number of aromatic amines is 1. The highest BCUT2D eigenvalue weighted by atomic mass is 35.5. The minimum Gasteiger partial charge on any atom is -0.389 e. The molecule has 4 aromatic rings. The Labute approximate surface area is 193 Å². The maximum absolute atomic E-state index is 12.7. The molecule has 1 aliphatic rings. The Morgan fingerprint density at radius 2 is 2.00 bits per heavy atom. The number of rotatable bonds is 4. The summed E-state index contributed by atoms with van der Waals surface area (Å²) in [5.41, 5.74) is 1.49. The van der Waals surface area contributed by atoms with Crippen LogP contribution >= 0.6 is 11.6 Å². The Morgan fingerprint density at radius 1 is 1.18 bits per heavy atom. The van der Waals surface area contributed by atoms with Crippen LogP contribution in [0, 0.1) is 0 Å². The van der Waals surface area contributed by atoms with Gasteiger partial charge in [-0.2, -0.15) is 5.10 Å². The number of hydrogen-bond donors (Lipinski definition) is 2. The fourth-order valence-corrected chi connectivity index (χ4v) is 4.42. The first-order chi connectivity index (χ1) is 15.9. The fraction of sp³-hybridized carbons (Fsp3) is 0.261. The zero-order valence-corrected chi connectivity index (χ0v) is 18.4. The number of halogens is 1. The second-order valence-corrected chi connectivity index (χ2v) is 8.64. The molecule has 0 saturated carbocycles. The highest BCUT2D eigenvalue weighted by molar-refractivity contribution is 6.29. The highest BCUT2D eigenvalue weighted by Crippen LogP contribution is 2.28. The van der Waals surface area contributed by atoms with Crippen molar-refractivity contribution in [2.75, 3.05) is 13.1 Å². The maximum Gasteiger partial charge on any atom is 0.261 e. The Morgan fingerprint density at radius 3 is 2.79 bits per heavy atom. The van der Waals surface area contributed by atoms with Crippen LogP contribution in [0.15, 0.2) is 59.9 Å². The molecule has 3 aromatic heterocycles. The van der Waals surface area contributed by atoms with Crippen LogP contribution in [-0.4, -0.2) is 59.3 Å². The molecule has 0 unspecified atom stereocenters. The van der Waals surface area contributed by atoms with Gasteiger partial charge in [0.2, 0.25) is 0 Å². The molecule has 1 aliphatic heterocycles. The second-order valence-electron chi connectivity index (χ2n) is 8.26. The average molecular weight is 465 g/mol. The van der Waals surface area contributed by atoms with Gasteiger partial charge < -0.3 is 15.0 Å². The average Bonchev–Trinajstić information content (AvgIpc) is 3.25. The van der Waals surface area contributed by atoms with E-state index in [1.807, 2.05) is 24.3 Å². The summed E-state index contributed by atoms with van der Waals surface area (Å²) < 4.78 is 1.61. The van der Waals surface area contributed by atoms with Crippen LogP contribution in [0.2, 0.25) is 5.15 Å². The normalized spacial score (nSPS) is 15.6. The first-order valence-electron chi connectivity index (χ1n) is 10.6. The molecule has 10 heteroatoms. The molecule has 0 bridgehead atoms. The van der Waals surface area contributed by atoms with Gasteiger partial charge in [-0.25, -0.2) is 14.6 Å². The fourth-order valence-electron chi connectivity index (χ4n) is 4.24. The number of aromatic nitrogens is 5. The molecule has 4 heterocycles. The molecular formula is C23H21ClN6O3. The number of benzene rings is 1. The summed E-state index contributed by atoms with van der Waals surface area (Å²) >= 11 is 5.90. The van der Waals surface area contributed by atoms with Crippen LogP contribution in [0.1, 0.15) is 28.8 Å². The molecule has 1 fully saturated rings. The zero-order chi connectivity index (χ0) is 23.0. The molecule has 9 nitrogen and oxygen atoms in total. The van der Waals surface area contributed by atoms with Gasteiger partial charge in [-0.1, -0.05) is 23.7 Å². The van der Waals surface area contributed by atoms with Crippen molar-refractivity contribution in [2.24, 2.45) is 0 Å². The number of aliphatic hydroxyl groups is 1. The van der Waals surface area contributed by atoms with Gasteiger partial charge in [0, 0.05) is 31.3 Å². The van der Waals surface area contributed by atoms with Crippen molar-refractivity contribution in [3.8, 4) is 5.69 Å². The largest absolute Gasteiger partial charge is 0.389 e. The van der Waals surface area contributed by atoms with Crippen LogP contribution in [0.3, 0.4) is 0 Å². The van der Waals surface area contributed by atoms with Crippen LogP contribution < -0.4 is 5.56 Å². The maximum atomic E-state index is 12.7. The van der Waals surface area contributed by atoms with E-state index in [0.717, 1.165) is 11.3 Å². The minimum absolute atomic E-state index is 0.114.